The molecule has 1 fully saturated rings. The first-order chi connectivity index (χ1) is 11.9. The van der Waals surface area contributed by atoms with Gasteiger partial charge in [-0.1, -0.05) is 0 Å². The van der Waals surface area contributed by atoms with Gasteiger partial charge in [0.2, 0.25) is 0 Å². The lowest BCUT2D eigenvalue weighted by atomic mass is 10.1. The van der Waals surface area contributed by atoms with Crippen molar-refractivity contribution in [3.05, 3.63) is 42.2 Å². The third-order valence-corrected chi connectivity index (χ3v) is 4.08. The van der Waals surface area contributed by atoms with E-state index in [1.807, 2.05) is 0 Å². The van der Waals surface area contributed by atoms with Gasteiger partial charge in [-0.05, 0) is 49.3 Å². The number of halogens is 3. The summed E-state index contributed by atoms with van der Waals surface area (Å²) >= 11 is 5.21. The van der Waals surface area contributed by atoms with Crippen molar-refractivity contribution in [1.29, 1.82) is 0 Å². The zero-order chi connectivity index (χ0) is 17.9. The van der Waals surface area contributed by atoms with Crippen molar-refractivity contribution >= 4 is 23.0 Å². The minimum absolute atomic E-state index is 0.0758. The summed E-state index contributed by atoms with van der Waals surface area (Å²) in [6.45, 7) is 1.24. The highest BCUT2D eigenvalue weighted by molar-refractivity contribution is 7.80. The average molecular weight is 370 g/mol. The van der Waals surface area contributed by atoms with Crippen molar-refractivity contribution in [2.45, 2.75) is 25.1 Å². The minimum Gasteiger partial charge on any atom is -0.376 e. The number of nitrogens with zero attached hydrogens (tertiary/aromatic N) is 2. The summed E-state index contributed by atoms with van der Waals surface area (Å²) in [5, 5.41) is 10.1. The maximum Gasteiger partial charge on any atom is 0.416 e. The number of thiocarbonyl (C=S) groups is 1. The number of benzene rings is 1. The molecule has 0 saturated carbocycles. The zero-order valence-corrected chi connectivity index (χ0v) is 14.0. The molecule has 134 valence electrons. The van der Waals surface area contributed by atoms with Gasteiger partial charge in [0.25, 0.3) is 0 Å². The number of anilines is 1. The molecule has 0 bridgehead atoms. The number of alkyl halides is 3. The molecule has 2 aromatic rings. The van der Waals surface area contributed by atoms with Gasteiger partial charge in [-0.2, -0.15) is 18.3 Å². The van der Waals surface area contributed by atoms with Crippen LogP contribution in [-0.4, -0.2) is 34.1 Å². The molecule has 2 N–H and O–H groups in total. The van der Waals surface area contributed by atoms with Crippen LogP contribution < -0.4 is 10.6 Å². The molecule has 25 heavy (non-hydrogen) atoms. The van der Waals surface area contributed by atoms with Crippen molar-refractivity contribution in [2.75, 3.05) is 18.5 Å². The monoisotopic (exact) mass is 370 g/mol. The highest BCUT2D eigenvalue weighted by atomic mass is 32.1. The molecular weight excluding hydrogens is 353 g/mol. The standard InChI is InChI=1S/C16H17F3N4OS/c17-16(18,19)11-4-5-14(23-7-2-6-21-23)13(9-11)22-15(25)20-10-12-3-1-8-24-12/h2,4-7,9,12H,1,3,8,10H2,(H2,20,22,25)/t12-/m1/s1. The minimum atomic E-state index is -4.44. The van der Waals surface area contributed by atoms with Crippen LogP contribution in [0, 0.1) is 0 Å². The van der Waals surface area contributed by atoms with Crippen LogP contribution in [0.15, 0.2) is 36.7 Å². The van der Waals surface area contributed by atoms with E-state index in [1.54, 1.807) is 18.5 Å². The SMILES string of the molecule is FC(F)(F)c1ccc(-n2cccn2)c(NC(=S)NC[C@H]2CCCO2)c1. The van der Waals surface area contributed by atoms with Gasteiger partial charge < -0.3 is 15.4 Å². The fourth-order valence-corrected chi connectivity index (χ4v) is 2.80. The van der Waals surface area contributed by atoms with E-state index in [2.05, 4.69) is 15.7 Å². The molecule has 1 aliphatic heterocycles. The second-order valence-corrected chi connectivity index (χ2v) is 6.06. The quantitative estimate of drug-likeness (QED) is 0.809. The second-order valence-electron chi connectivity index (χ2n) is 5.65. The fourth-order valence-electron chi connectivity index (χ4n) is 2.60. The summed E-state index contributed by atoms with van der Waals surface area (Å²) in [5.41, 5.74) is -0.0598. The Bertz CT molecular complexity index is 727. The van der Waals surface area contributed by atoms with Crippen LogP contribution in [0.2, 0.25) is 0 Å². The van der Waals surface area contributed by atoms with Gasteiger partial charge in [0.1, 0.15) is 0 Å². The second kappa shape index (κ2) is 7.40. The fraction of sp³-hybridized carbons (Fsp3) is 0.375. The molecule has 9 heteroatoms. The zero-order valence-electron chi connectivity index (χ0n) is 13.2. The summed E-state index contributed by atoms with van der Waals surface area (Å²) < 4.78 is 46.0. The van der Waals surface area contributed by atoms with E-state index in [9.17, 15) is 13.2 Å². The molecule has 0 unspecified atom stereocenters. The predicted molar refractivity (Wildman–Crippen MR) is 91.8 cm³/mol. The average Bonchev–Trinajstić information content (AvgIpc) is 3.26. The lowest BCUT2D eigenvalue weighted by Gasteiger charge is -2.17. The summed E-state index contributed by atoms with van der Waals surface area (Å²) in [7, 11) is 0. The number of rotatable bonds is 4. The van der Waals surface area contributed by atoms with Crippen LogP contribution in [0.5, 0.6) is 0 Å². The number of ether oxygens (including phenoxy) is 1. The topological polar surface area (TPSA) is 51.1 Å². The molecule has 0 spiro atoms. The van der Waals surface area contributed by atoms with E-state index in [4.69, 9.17) is 17.0 Å². The summed E-state index contributed by atoms with van der Waals surface area (Å²) in [5.74, 6) is 0. The van der Waals surface area contributed by atoms with E-state index < -0.39 is 11.7 Å². The Morgan fingerprint density at radius 1 is 1.40 bits per heavy atom. The Hall–Kier alpha value is -2.13. The van der Waals surface area contributed by atoms with E-state index >= 15 is 0 Å². The third-order valence-electron chi connectivity index (χ3n) is 3.84. The molecule has 1 saturated heterocycles. The number of nitrogens with one attached hydrogen (secondary N) is 2. The highest BCUT2D eigenvalue weighted by Crippen LogP contribution is 2.33. The smallest absolute Gasteiger partial charge is 0.376 e. The Kier molecular flexibility index (Phi) is 5.24. The molecule has 2 heterocycles. The molecule has 1 aromatic heterocycles. The number of hydrogen-bond donors (Lipinski definition) is 2. The Morgan fingerprint density at radius 2 is 2.24 bits per heavy atom. The van der Waals surface area contributed by atoms with E-state index in [0.717, 1.165) is 31.6 Å². The van der Waals surface area contributed by atoms with Crippen molar-refractivity contribution in [1.82, 2.24) is 15.1 Å². The molecule has 0 amide bonds. The van der Waals surface area contributed by atoms with Crippen molar-refractivity contribution in [2.24, 2.45) is 0 Å². The molecule has 0 radical (unpaired) electrons. The maximum atomic E-state index is 13.0. The first-order valence-corrected chi connectivity index (χ1v) is 8.22. The van der Waals surface area contributed by atoms with Crippen molar-refractivity contribution in [3.63, 3.8) is 0 Å². The molecule has 1 aliphatic rings. The van der Waals surface area contributed by atoms with Crippen LogP contribution >= 0.6 is 12.2 Å². The van der Waals surface area contributed by atoms with Gasteiger partial charge >= 0.3 is 6.18 Å². The van der Waals surface area contributed by atoms with Gasteiger partial charge in [-0.3, -0.25) is 0 Å². The van der Waals surface area contributed by atoms with Crippen LogP contribution in [0.3, 0.4) is 0 Å². The molecule has 5 nitrogen and oxygen atoms in total. The first kappa shape index (κ1) is 17.7. The lowest BCUT2D eigenvalue weighted by Crippen LogP contribution is -2.35. The largest absolute Gasteiger partial charge is 0.416 e. The van der Waals surface area contributed by atoms with Crippen molar-refractivity contribution < 1.29 is 17.9 Å². The highest BCUT2D eigenvalue weighted by Gasteiger charge is 2.31. The lowest BCUT2D eigenvalue weighted by molar-refractivity contribution is -0.137. The number of hydrogen-bond acceptors (Lipinski definition) is 3. The number of aromatic nitrogens is 2. The molecule has 0 aliphatic carbocycles. The molecular formula is C16H17F3N4OS. The van der Waals surface area contributed by atoms with Crippen LogP contribution in [0.25, 0.3) is 5.69 Å². The summed E-state index contributed by atoms with van der Waals surface area (Å²) in [6.07, 6.45) is 0.783. The normalized spacial score (nSPS) is 17.5. The molecule has 3 rings (SSSR count). The van der Waals surface area contributed by atoms with Crippen LogP contribution in [0.1, 0.15) is 18.4 Å². The molecule has 1 atom stereocenters. The van der Waals surface area contributed by atoms with E-state index in [-0.39, 0.29) is 16.9 Å². The Balaban J connectivity index is 1.78. The third kappa shape index (κ3) is 4.49. The van der Waals surface area contributed by atoms with Gasteiger partial charge in [-0.25, -0.2) is 4.68 Å². The summed E-state index contributed by atoms with van der Waals surface area (Å²) in [4.78, 5) is 0. The summed E-state index contributed by atoms with van der Waals surface area (Å²) in [6, 6.07) is 5.10. The van der Waals surface area contributed by atoms with E-state index in [1.165, 1.54) is 10.7 Å². The Morgan fingerprint density at radius 3 is 2.88 bits per heavy atom. The van der Waals surface area contributed by atoms with Gasteiger partial charge in [0.05, 0.1) is 23.0 Å². The predicted octanol–water partition coefficient (Wildman–Crippen LogP) is 3.36. The van der Waals surface area contributed by atoms with Crippen LogP contribution in [-0.2, 0) is 10.9 Å². The molecule has 1 aromatic carbocycles. The van der Waals surface area contributed by atoms with Gasteiger partial charge in [0, 0.05) is 25.5 Å². The van der Waals surface area contributed by atoms with Gasteiger partial charge in [-0.15, -0.1) is 0 Å². The van der Waals surface area contributed by atoms with Gasteiger partial charge in [0.15, 0.2) is 5.11 Å². The van der Waals surface area contributed by atoms with E-state index in [0.29, 0.717) is 12.2 Å². The first-order valence-electron chi connectivity index (χ1n) is 7.81. The van der Waals surface area contributed by atoms with Crippen molar-refractivity contribution in [3.8, 4) is 5.69 Å². The van der Waals surface area contributed by atoms with Crippen LogP contribution in [0.4, 0.5) is 18.9 Å². The Labute approximate surface area is 148 Å². The maximum absolute atomic E-state index is 13.0.